The Balaban J connectivity index is 3.23. The summed E-state index contributed by atoms with van der Waals surface area (Å²) >= 11 is 10.0. The summed E-state index contributed by atoms with van der Waals surface area (Å²) in [7, 11) is 1.32. The molecule has 0 aliphatic carbocycles. The van der Waals surface area contributed by atoms with Crippen molar-refractivity contribution in [3.63, 3.8) is 0 Å². The van der Waals surface area contributed by atoms with E-state index in [2.05, 4.69) is 17.4 Å². The summed E-state index contributed by atoms with van der Waals surface area (Å²) in [6, 6.07) is 3.29. The van der Waals surface area contributed by atoms with Crippen molar-refractivity contribution in [3.8, 4) is 0 Å². The van der Waals surface area contributed by atoms with Gasteiger partial charge in [0.1, 0.15) is 0 Å². The van der Waals surface area contributed by atoms with Crippen molar-refractivity contribution in [2.24, 2.45) is 0 Å². The van der Waals surface area contributed by atoms with Crippen LogP contribution in [0.15, 0.2) is 17.0 Å². The van der Waals surface area contributed by atoms with Gasteiger partial charge in [-0.05, 0) is 24.6 Å². The minimum Gasteiger partial charge on any atom is -0.465 e. The number of hydrogen-bond donors (Lipinski definition) is 1. The highest BCUT2D eigenvalue weighted by molar-refractivity contribution is 7.80. The van der Waals surface area contributed by atoms with Gasteiger partial charge in [0.05, 0.1) is 17.7 Å². The molecule has 1 aromatic carbocycles. The monoisotopic (exact) mass is 216 g/mol. The molecule has 0 N–H and O–H groups in total. The van der Waals surface area contributed by atoms with Gasteiger partial charge in [-0.1, -0.05) is 11.6 Å². The number of carbonyl (C=O) groups excluding carboxylic acids is 1. The molecule has 13 heavy (non-hydrogen) atoms. The van der Waals surface area contributed by atoms with Crippen LogP contribution in [0.3, 0.4) is 0 Å². The quantitative estimate of drug-likeness (QED) is 0.577. The van der Waals surface area contributed by atoms with Crippen LogP contribution in [0.4, 0.5) is 0 Å². The Labute approximate surface area is 87.3 Å². The van der Waals surface area contributed by atoms with Crippen LogP contribution < -0.4 is 0 Å². The second kappa shape index (κ2) is 4.03. The van der Waals surface area contributed by atoms with Gasteiger partial charge in [-0.3, -0.25) is 0 Å². The fourth-order valence-electron chi connectivity index (χ4n) is 0.928. The minimum atomic E-state index is -0.444. The first kappa shape index (κ1) is 10.4. The zero-order valence-corrected chi connectivity index (χ0v) is 8.95. The van der Waals surface area contributed by atoms with E-state index in [0.717, 1.165) is 10.5 Å². The molecule has 0 fully saturated rings. The van der Waals surface area contributed by atoms with Crippen molar-refractivity contribution >= 4 is 30.2 Å². The average Bonchev–Trinajstić information content (AvgIpc) is 2.10. The van der Waals surface area contributed by atoms with Gasteiger partial charge < -0.3 is 4.74 Å². The SMILES string of the molecule is COC(=O)c1cc(S)c(C)cc1Cl. The van der Waals surface area contributed by atoms with Crippen LogP contribution in [0.1, 0.15) is 15.9 Å². The van der Waals surface area contributed by atoms with E-state index in [-0.39, 0.29) is 0 Å². The number of carbonyl (C=O) groups is 1. The molecule has 0 aliphatic rings. The maximum atomic E-state index is 11.2. The topological polar surface area (TPSA) is 26.3 Å². The highest BCUT2D eigenvalue weighted by atomic mass is 35.5. The smallest absolute Gasteiger partial charge is 0.339 e. The van der Waals surface area contributed by atoms with E-state index in [1.807, 2.05) is 6.92 Å². The summed E-state index contributed by atoms with van der Waals surface area (Å²) in [6.07, 6.45) is 0. The standard InChI is InChI=1S/C9H9ClO2S/c1-5-3-7(10)6(4-8(5)13)9(11)12-2/h3-4,13H,1-2H3. The molecule has 0 atom stereocenters. The number of benzene rings is 1. The van der Waals surface area contributed by atoms with Crippen molar-refractivity contribution in [1.82, 2.24) is 0 Å². The minimum absolute atomic E-state index is 0.347. The predicted octanol–water partition coefficient (Wildman–Crippen LogP) is 2.72. The van der Waals surface area contributed by atoms with Gasteiger partial charge in [-0.25, -0.2) is 4.79 Å². The van der Waals surface area contributed by atoms with E-state index in [0.29, 0.717) is 10.6 Å². The number of hydrogen-bond acceptors (Lipinski definition) is 3. The van der Waals surface area contributed by atoms with E-state index < -0.39 is 5.97 Å². The normalized spacial score (nSPS) is 9.85. The zero-order valence-electron chi connectivity index (χ0n) is 7.30. The van der Waals surface area contributed by atoms with Crippen LogP contribution in [0.5, 0.6) is 0 Å². The highest BCUT2D eigenvalue weighted by Crippen LogP contribution is 2.23. The van der Waals surface area contributed by atoms with Gasteiger partial charge in [0.15, 0.2) is 0 Å². The van der Waals surface area contributed by atoms with E-state index in [1.165, 1.54) is 7.11 Å². The average molecular weight is 217 g/mol. The first-order valence-electron chi connectivity index (χ1n) is 3.63. The lowest BCUT2D eigenvalue weighted by molar-refractivity contribution is 0.0600. The Kier molecular flexibility index (Phi) is 3.22. The molecule has 0 amide bonds. The molecule has 70 valence electrons. The third-order valence-corrected chi connectivity index (χ3v) is 2.49. The lowest BCUT2D eigenvalue weighted by Crippen LogP contribution is -2.02. The molecule has 1 aromatic rings. The van der Waals surface area contributed by atoms with Crippen LogP contribution in [-0.2, 0) is 4.74 Å². The molecule has 0 saturated carbocycles. The Morgan fingerprint density at radius 1 is 1.54 bits per heavy atom. The van der Waals surface area contributed by atoms with Crippen LogP contribution >= 0.6 is 24.2 Å². The highest BCUT2D eigenvalue weighted by Gasteiger charge is 2.11. The second-order valence-electron chi connectivity index (χ2n) is 2.61. The number of thiol groups is 1. The largest absolute Gasteiger partial charge is 0.465 e. The lowest BCUT2D eigenvalue weighted by atomic mass is 10.1. The van der Waals surface area contributed by atoms with Crippen LogP contribution in [0, 0.1) is 6.92 Å². The number of esters is 1. The van der Waals surface area contributed by atoms with Crippen molar-refractivity contribution in [2.45, 2.75) is 11.8 Å². The second-order valence-corrected chi connectivity index (χ2v) is 3.50. The van der Waals surface area contributed by atoms with Gasteiger partial charge in [-0.2, -0.15) is 0 Å². The Bertz CT molecular complexity index is 350. The molecule has 0 aromatic heterocycles. The first-order valence-corrected chi connectivity index (χ1v) is 4.46. The molecule has 4 heteroatoms. The van der Waals surface area contributed by atoms with Crippen molar-refractivity contribution in [1.29, 1.82) is 0 Å². The maximum Gasteiger partial charge on any atom is 0.339 e. The summed E-state index contributed by atoms with van der Waals surface area (Å²) in [5, 5.41) is 0.391. The fourth-order valence-corrected chi connectivity index (χ4v) is 1.42. The number of halogens is 1. The molecule has 1 rings (SSSR count). The fraction of sp³-hybridized carbons (Fsp3) is 0.222. The summed E-state index contributed by atoms with van der Waals surface area (Å²) in [4.78, 5) is 11.9. The van der Waals surface area contributed by atoms with Gasteiger partial charge >= 0.3 is 5.97 Å². The van der Waals surface area contributed by atoms with Crippen LogP contribution in [0.25, 0.3) is 0 Å². The molecule has 0 spiro atoms. The molecular weight excluding hydrogens is 208 g/mol. The third kappa shape index (κ3) is 2.17. The summed E-state index contributed by atoms with van der Waals surface area (Å²) in [5.41, 5.74) is 1.28. The Morgan fingerprint density at radius 3 is 2.69 bits per heavy atom. The first-order chi connectivity index (χ1) is 6.06. The molecule has 0 saturated heterocycles. The van der Waals surface area contributed by atoms with E-state index >= 15 is 0 Å². The summed E-state index contributed by atoms with van der Waals surface area (Å²) in [6.45, 7) is 1.87. The number of ether oxygens (including phenoxy) is 1. The molecule has 2 nitrogen and oxygen atoms in total. The molecule has 0 unspecified atom stereocenters. The van der Waals surface area contributed by atoms with E-state index in [1.54, 1.807) is 12.1 Å². The van der Waals surface area contributed by atoms with Gasteiger partial charge in [0.2, 0.25) is 0 Å². The van der Waals surface area contributed by atoms with Crippen molar-refractivity contribution < 1.29 is 9.53 Å². The van der Waals surface area contributed by atoms with Crippen LogP contribution in [-0.4, -0.2) is 13.1 Å². The summed E-state index contributed by atoms with van der Waals surface area (Å²) in [5.74, 6) is -0.444. The van der Waals surface area contributed by atoms with E-state index in [9.17, 15) is 4.79 Å². The summed E-state index contributed by atoms with van der Waals surface area (Å²) < 4.78 is 4.55. The van der Waals surface area contributed by atoms with E-state index in [4.69, 9.17) is 11.6 Å². The van der Waals surface area contributed by atoms with Gasteiger partial charge in [0.25, 0.3) is 0 Å². The molecular formula is C9H9ClO2S. The Morgan fingerprint density at radius 2 is 2.15 bits per heavy atom. The molecule has 0 heterocycles. The van der Waals surface area contributed by atoms with Crippen molar-refractivity contribution in [3.05, 3.63) is 28.3 Å². The number of methoxy groups -OCH3 is 1. The Hall–Kier alpha value is -0.670. The number of rotatable bonds is 1. The third-order valence-electron chi connectivity index (χ3n) is 1.69. The van der Waals surface area contributed by atoms with Crippen LogP contribution in [0.2, 0.25) is 5.02 Å². The molecule has 0 radical (unpaired) electrons. The predicted molar refractivity (Wildman–Crippen MR) is 54.8 cm³/mol. The maximum absolute atomic E-state index is 11.2. The van der Waals surface area contributed by atoms with Gasteiger partial charge in [-0.15, -0.1) is 12.6 Å². The zero-order chi connectivity index (χ0) is 10.0. The van der Waals surface area contributed by atoms with Crippen molar-refractivity contribution in [2.75, 3.05) is 7.11 Å². The molecule has 0 aliphatic heterocycles. The lowest BCUT2D eigenvalue weighted by Gasteiger charge is -2.05. The van der Waals surface area contributed by atoms with Gasteiger partial charge in [0, 0.05) is 4.90 Å². The molecule has 0 bridgehead atoms. The number of aryl methyl sites for hydroxylation is 1.